The minimum absolute atomic E-state index is 0.124. The fourth-order valence-electron chi connectivity index (χ4n) is 6.51. The van der Waals surface area contributed by atoms with Crippen molar-refractivity contribution in [1.82, 2.24) is 0 Å². The van der Waals surface area contributed by atoms with Gasteiger partial charge in [-0.2, -0.15) is 0 Å². The zero-order valence-corrected chi connectivity index (χ0v) is 14.2. The highest BCUT2D eigenvalue weighted by atomic mass is 16.1. The number of carbonyl (C=O) groups excluding carboxylic acids is 2. The monoisotopic (exact) mass is 310 g/mol. The van der Waals surface area contributed by atoms with Gasteiger partial charge in [-0.3, -0.25) is 9.59 Å². The van der Waals surface area contributed by atoms with Gasteiger partial charge < -0.3 is 0 Å². The van der Waals surface area contributed by atoms with E-state index >= 15 is 0 Å². The largest absolute Gasteiger partial charge is 0.299 e. The molecular formula is C21H26O2. The summed E-state index contributed by atoms with van der Waals surface area (Å²) in [6, 6.07) is 0. The van der Waals surface area contributed by atoms with Crippen LogP contribution in [-0.4, -0.2) is 11.6 Å². The van der Waals surface area contributed by atoms with Crippen molar-refractivity contribution in [2.24, 2.45) is 34.5 Å². The first-order valence-electron chi connectivity index (χ1n) is 9.13. The van der Waals surface area contributed by atoms with E-state index in [1.807, 2.05) is 6.08 Å². The second kappa shape index (κ2) is 4.82. The van der Waals surface area contributed by atoms with Crippen LogP contribution >= 0.6 is 0 Å². The minimum Gasteiger partial charge on any atom is -0.299 e. The van der Waals surface area contributed by atoms with Gasteiger partial charge in [0.05, 0.1) is 0 Å². The SMILES string of the molecule is C#C[C@@H]1CC2=CC(=O)CC[C@]2(C)[C@H]2CC[C@]3(C)C(=O)CC[C@H]3[C@H]12. The third-order valence-corrected chi connectivity index (χ3v) is 7.94. The van der Waals surface area contributed by atoms with Crippen LogP contribution < -0.4 is 0 Å². The predicted molar refractivity (Wildman–Crippen MR) is 89.4 cm³/mol. The molecule has 0 N–H and O–H groups in total. The van der Waals surface area contributed by atoms with Gasteiger partial charge in [0, 0.05) is 24.2 Å². The molecule has 0 spiro atoms. The van der Waals surface area contributed by atoms with Crippen molar-refractivity contribution < 1.29 is 9.59 Å². The number of ketones is 2. The summed E-state index contributed by atoms with van der Waals surface area (Å²) in [5.74, 6) is 5.42. The van der Waals surface area contributed by atoms with Gasteiger partial charge in [0.15, 0.2) is 5.78 Å². The lowest BCUT2D eigenvalue weighted by molar-refractivity contribution is -0.133. The molecule has 0 saturated heterocycles. The van der Waals surface area contributed by atoms with E-state index in [0.29, 0.717) is 30.0 Å². The van der Waals surface area contributed by atoms with E-state index in [2.05, 4.69) is 19.8 Å². The Balaban J connectivity index is 1.79. The molecule has 122 valence electrons. The first kappa shape index (κ1) is 15.2. The molecular weight excluding hydrogens is 284 g/mol. The zero-order valence-electron chi connectivity index (χ0n) is 14.2. The van der Waals surface area contributed by atoms with Crippen LogP contribution in [0.3, 0.4) is 0 Å². The first-order chi connectivity index (χ1) is 10.9. The molecule has 4 aliphatic carbocycles. The molecule has 0 bridgehead atoms. The van der Waals surface area contributed by atoms with Gasteiger partial charge in [0.25, 0.3) is 0 Å². The molecule has 4 aliphatic rings. The summed E-state index contributed by atoms with van der Waals surface area (Å²) in [7, 11) is 0. The Labute approximate surface area is 139 Å². The Bertz CT molecular complexity index is 651. The molecule has 0 heterocycles. The third-order valence-electron chi connectivity index (χ3n) is 7.94. The topological polar surface area (TPSA) is 34.1 Å². The predicted octanol–water partition coefficient (Wildman–Crippen LogP) is 3.95. The molecule has 2 nitrogen and oxygen atoms in total. The van der Waals surface area contributed by atoms with Crippen LogP contribution in [0.4, 0.5) is 0 Å². The maximum atomic E-state index is 12.5. The van der Waals surface area contributed by atoms with Crippen LogP contribution in [0.15, 0.2) is 11.6 Å². The molecule has 0 aliphatic heterocycles. The summed E-state index contributed by atoms with van der Waals surface area (Å²) in [5, 5.41) is 0. The lowest BCUT2D eigenvalue weighted by Gasteiger charge is -2.58. The van der Waals surface area contributed by atoms with Crippen molar-refractivity contribution >= 4 is 11.6 Å². The Morgan fingerprint density at radius 2 is 1.83 bits per heavy atom. The van der Waals surface area contributed by atoms with Crippen LogP contribution in [0.5, 0.6) is 0 Å². The highest BCUT2D eigenvalue weighted by Gasteiger charge is 2.61. The molecule has 2 heteroatoms. The fourth-order valence-corrected chi connectivity index (χ4v) is 6.51. The van der Waals surface area contributed by atoms with Gasteiger partial charge in [-0.15, -0.1) is 12.3 Å². The van der Waals surface area contributed by atoms with E-state index in [-0.39, 0.29) is 22.5 Å². The smallest absolute Gasteiger partial charge is 0.155 e. The number of carbonyl (C=O) groups is 2. The van der Waals surface area contributed by atoms with Crippen LogP contribution in [0.1, 0.15) is 58.8 Å². The van der Waals surface area contributed by atoms with Crippen molar-refractivity contribution in [3.05, 3.63) is 11.6 Å². The van der Waals surface area contributed by atoms with E-state index < -0.39 is 0 Å². The fraction of sp³-hybridized carbons (Fsp3) is 0.714. The Hall–Kier alpha value is -1.36. The summed E-state index contributed by atoms with van der Waals surface area (Å²) in [6.45, 7) is 4.55. The molecule has 0 aromatic carbocycles. The minimum atomic E-state index is -0.141. The molecule has 0 unspecified atom stereocenters. The number of hydrogen-bond acceptors (Lipinski definition) is 2. The molecule has 0 amide bonds. The number of fused-ring (bicyclic) bond motifs is 5. The highest BCUT2D eigenvalue weighted by Crippen LogP contribution is 2.65. The Morgan fingerprint density at radius 1 is 1.09 bits per heavy atom. The molecule has 23 heavy (non-hydrogen) atoms. The van der Waals surface area contributed by atoms with E-state index in [4.69, 9.17) is 6.42 Å². The van der Waals surface area contributed by atoms with Gasteiger partial charge in [0.1, 0.15) is 5.78 Å². The number of terminal acetylenes is 1. The molecule has 4 rings (SSSR count). The second-order valence-electron chi connectivity index (χ2n) is 8.74. The van der Waals surface area contributed by atoms with Crippen molar-refractivity contribution in [1.29, 1.82) is 0 Å². The summed E-state index contributed by atoms with van der Waals surface area (Å²) >= 11 is 0. The second-order valence-corrected chi connectivity index (χ2v) is 8.74. The maximum absolute atomic E-state index is 12.5. The van der Waals surface area contributed by atoms with Crippen LogP contribution in [0, 0.1) is 46.8 Å². The van der Waals surface area contributed by atoms with Gasteiger partial charge in [-0.25, -0.2) is 0 Å². The van der Waals surface area contributed by atoms with E-state index in [1.165, 1.54) is 5.57 Å². The van der Waals surface area contributed by atoms with Gasteiger partial charge >= 0.3 is 0 Å². The first-order valence-corrected chi connectivity index (χ1v) is 9.13. The van der Waals surface area contributed by atoms with Crippen molar-refractivity contribution in [3.63, 3.8) is 0 Å². The van der Waals surface area contributed by atoms with Crippen molar-refractivity contribution in [2.45, 2.75) is 58.8 Å². The van der Waals surface area contributed by atoms with E-state index in [0.717, 1.165) is 38.5 Å². The zero-order chi connectivity index (χ0) is 16.4. The standard InChI is InChI=1S/C21H26O2/c1-4-13-11-14-12-15(22)7-9-20(14,2)17-8-10-21(3)16(19(13)17)5-6-18(21)23/h1,12-13,16-17,19H,5-11H2,2-3H3/t13-,16+,17+,19+,20+,21+/m1/s1. The molecule has 0 radical (unpaired) electrons. The number of allylic oxidation sites excluding steroid dienone is 1. The van der Waals surface area contributed by atoms with Crippen LogP contribution in [0.2, 0.25) is 0 Å². The van der Waals surface area contributed by atoms with Gasteiger partial charge in [-0.05, 0) is 61.3 Å². The lowest BCUT2D eigenvalue weighted by Crippen LogP contribution is -2.53. The molecule has 6 atom stereocenters. The number of Topliss-reactive ketones (excluding diaryl/α,β-unsaturated/α-hetero) is 1. The quantitative estimate of drug-likeness (QED) is 0.635. The maximum Gasteiger partial charge on any atom is 0.155 e. The van der Waals surface area contributed by atoms with E-state index in [9.17, 15) is 9.59 Å². The van der Waals surface area contributed by atoms with Crippen LogP contribution in [-0.2, 0) is 9.59 Å². The van der Waals surface area contributed by atoms with Gasteiger partial charge in [-0.1, -0.05) is 19.4 Å². The number of rotatable bonds is 0. The number of hydrogen-bond donors (Lipinski definition) is 0. The molecule has 3 saturated carbocycles. The van der Waals surface area contributed by atoms with Gasteiger partial charge in [0.2, 0.25) is 0 Å². The lowest BCUT2D eigenvalue weighted by atomic mass is 9.45. The summed E-state index contributed by atoms with van der Waals surface area (Å²) in [4.78, 5) is 24.4. The van der Waals surface area contributed by atoms with Crippen molar-refractivity contribution in [3.8, 4) is 12.3 Å². The highest BCUT2D eigenvalue weighted by molar-refractivity contribution is 5.91. The average Bonchev–Trinajstić information content (AvgIpc) is 2.83. The Morgan fingerprint density at radius 3 is 2.57 bits per heavy atom. The Kier molecular flexibility index (Phi) is 3.18. The average molecular weight is 310 g/mol. The molecule has 3 fully saturated rings. The molecule has 0 aromatic rings. The summed E-state index contributed by atoms with van der Waals surface area (Å²) in [5.41, 5.74) is 1.28. The van der Waals surface area contributed by atoms with E-state index in [1.54, 1.807) is 0 Å². The normalized spacial score (nSPS) is 48.8. The van der Waals surface area contributed by atoms with Crippen molar-refractivity contribution in [2.75, 3.05) is 0 Å². The summed E-state index contributed by atoms with van der Waals surface area (Å²) in [6.07, 6.45) is 14.2. The third kappa shape index (κ3) is 1.89. The van der Waals surface area contributed by atoms with Crippen LogP contribution in [0.25, 0.3) is 0 Å². The molecule has 0 aromatic heterocycles. The summed E-state index contributed by atoms with van der Waals surface area (Å²) < 4.78 is 0.